The molecule has 1 aromatic carbocycles. The van der Waals surface area contributed by atoms with Crippen molar-refractivity contribution < 1.29 is 14.1 Å². The molecular formula is C21H29N5O3. The third-order valence-corrected chi connectivity index (χ3v) is 5.65. The molecule has 2 aliphatic rings. The Balaban J connectivity index is 1.33. The Morgan fingerprint density at radius 1 is 1.21 bits per heavy atom. The molecule has 0 saturated carbocycles. The number of hydrogen-bond donors (Lipinski definition) is 1. The highest BCUT2D eigenvalue weighted by Gasteiger charge is 2.28. The predicted molar refractivity (Wildman–Crippen MR) is 107 cm³/mol. The number of piperidine rings is 1. The second-order valence-corrected chi connectivity index (χ2v) is 7.78. The fourth-order valence-corrected chi connectivity index (χ4v) is 4.01. The number of hydrogen-bond acceptors (Lipinski definition) is 6. The first-order chi connectivity index (χ1) is 14.2. The van der Waals surface area contributed by atoms with Gasteiger partial charge in [-0.3, -0.25) is 4.90 Å². The zero-order valence-electron chi connectivity index (χ0n) is 17.0. The van der Waals surface area contributed by atoms with Crippen LogP contribution in [0.15, 0.2) is 28.8 Å². The number of nitrogens with one attached hydrogen (secondary N) is 1. The molecule has 0 bridgehead atoms. The number of nitrogens with zero attached hydrogens (tertiary/aromatic N) is 4. The molecule has 1 unspecified atom stereocenters. The normalized spacial score (nSPS) is 20.6. The molecular weight excluding hydrogens is 370 g/mol. The van der Waals surface area contributed by atoms with Crippen molar-refractivity contribution in [2.24, 2.45) is 0 Å². The quantitative estimate of drug-likeness (QED) is 0.831. The Morgan fingerprint density at radius 3 is 2.76 bits per heavy atom. The Labute approximate surface area is 171 Å². The van der Waals surface area contributed by atoms with Gasteiger partial charge in [0.2, 0.25) is 5.89 Å². The molecule has 2 fully saturated rings. The van der Waals surface area contributed by atoms with Crippen molar-refractivity contribution in [1.29, 1.82) is 0 Å². The van der Waals surface area contributed by atoms with Crippen LogP contribution in [0.25, 0.3) is 0 Å². The number of ether oxygens (including phenoxy) is 1. The minimum Gasteiger partial charge on any atom is -0.379 e. The molecule has 0 aliphatic carbocycles. The first-order valence-electron chi connectivity index (χ1n) is 10.4. The molecule has 2 amide bonds. The Kier molecular flexibility index (Phi) is 6.41. The molecule has 29 heavy (non-hydrogen) atoms. The number of amides is 2. The summed E-state index contributed by atoms with van der Waals surface area (Å²) in [4.78, 5) is 21.4. The minimum absolute atomic E-state index is 0.0351. The fraction of sp³-hybridized carbons (Fsp3) is 0.571. The Hall–Kier alpha value is -2.45. The van der Waals surface area contributed by atoms with Gasteiger partial charge in [0.25, 0.3) is 0 Å². The van der Waals surface area contributed by atoms with Gasteiger partial charge in [0, 0.05) is 39.3 Å². The standard InChI is InChI=1S/C21H29N5O3/c1-16-23-20(29-24-16)19-7-4-8-26(15-19)21(27)22-13-17-5-2-3-6-18(17)14-25-9-11-28-12-10-25/h2-3,5-6,19H,4,7-15H2,1H3,(H,22,27). The van der Waals surface area contributed by atoms with Gasteiger partial charge in [-0.15, -0.1) is 0 Å². The van der Waals surface area contributed by atoms with Crippen LogP contribution in [-0.2, 0) is 17.8 Å². The second-order valence-electron chi connectivity index (χ2n) is 7.78. The van der Waals surface area contributed by atoms with Crippen LogP contribution in [0.1, 0.15) is 41.6 Å². The molecule has 2 aliphatic heterocycles. The lowest BCUT2D eigenvalue weighted by Crippen LogP contribution is -2.44. The molecule has 1 N–H and O–H groups in total. The summed E-state index contributed by atoms with van der Waals surface area (Å²) in [7, 11) is 0. The van der Waals surface area contributed by atoms with Crippen molar-refractivity contribution in [3.05, 3.63) is 47.1 Å². The van der Waals surface area contributed by atoms with Gasteiger partial charge in [0.1, 0.15) is 0 Å². The highest BCUT2D eigenvalue weighted by atomic mass is 16.5. The third-order valence-electron chi connectivity index (χ3n) is 5.65. The number of carbonyl (C=O) groups is 1. The van der Waals surface area contributed by atoms with Gasteiger partial charge in [-0.1, -0.05) is 29.4 Å². The number of morpholine rings is 1. The predicted octanol–water partition coefficient (Wildman–Crippen LogP) is 2.30. The lowest BCUT2D eigenvalue weighted by atomic mass is 9.98. The van der Waals surface area contributed by atoms with Gasteiger partial charge in [-0.2, -0.15) is 4.98 Å². The third kappa shape index (κ3) is 5.13. The van der Waals surface area contributed by atoms with Crippen molar-refractivity contribution in [2.45, 2.75) is 38.8 Å². The maximum Gasteiger partial charge on any atom is 0.317 e. The minimum atomic E-state index is -0.0351. The van der Waals surface area contributed by atoms with Crippen LogP contribution < -0.4 is 5.32 Å². The highest BCUT2D eigenvalue weighted by molar-refractivity contribution is 5.74. The summed E-state index contributed by atoms with van der Waals surface area (Å²) in [5, 5.41) is 6.98. The number of aromatic nitrogens is 2. The van der Waals surface area contributed by atoms with Crippen LogP contribution >= 0.6 is 0 Å². The largest absolute Gasteiger partial charge is 0.379 e. The van der Waals surface area contributed by atoms with Crippen LogP contribution in [0, 0.1) is 6.92 Å². The van der Waals surface area contributed by atoms with E-state index in [0.29, 0.717) is 24.8 Å². The average Bonchev–Trinajstić information content (AvgIpc) is 3.20. The van der Waals surface area contributed by atoms with Gasteiger partial charge in [-0.05, 0) is 30.9 Å². The summed E-state index contributed by atoms with van der Waals surface area (Å²) in [6.45, 7) is 8.07. The van der Waals surface area contributed by atoms with Crippen LogP contribution in [0.2, 0.25) is 0 Å². The van der Waals surface area contributed by atoms with Gasteiger partial charge in [-0.25, -0.2) is 4.79 Å². The van der Waals surface area contributed by atoms with Gasteiger partial charge < -0.3 is 19.5 Å². The summed E-state index contributed by atoms with van der Waals surface area (Å²) in [5.74, 6) is 1.39. The van der Waals surface area contributed by atoms with E-state index in [1.165, 1.54) is 5.56 Å². The lowest BCUT2D eigenvalue weighted by Gasteiger charge is -2.31. The van der Waals surface area contributed by atoms with E-state index >= 15 is 0 Å². The molecule has 8 heteroatoms. The summed E-state index contributed by atoms with van der Waals surface area (Å²) in [5.41, 5.74) is 2.42. The van der Waals surface area contributed by atoms with Gasteiger partial charge in [0.15, 0.2) is 5.82 Å². The van der Waals surface area contributed by atoms with Crippen molar-refractivity contribution in [3.63, 3.8) is 0 Å². The summed E-state index contributed by atoms with van der Waals surface area (Å²) < 4.78 is 10.8. The molecule has 1 atom stereocenters. The lowest BCUT2D eigenvalue weighted by molar-refractivity contribution is 0.0340. The van der Waals surface area contributed by atoms with E-state index in [4.69, 9.17) is 9.26 Å². The summed E-state index contributed by atoms with van der Waals surface area (Å²) >= 11 is 0. The zero-order valence-corrected chi connectivity index (χ0v) is 17.0. The Bertz CT molecular complexity index is 818. The maximum absolute atomic E-state index is 12.8. The molecule has 3 heterocycles. The summed E-state index contributed by atoms with van der Waals surface area (Å²) in [6.07, 6.45) is 1.90. The molecule has 8 nitrogen and oxygen atoms in total. The molecule has 0 spiro atoms. The van der Waals surface area contributed by atoms with Crippen molar-refractivity contribution in [2.75, 3.05) is 39.4 Å². The van der Waals surface area contributed by atoms with E-state index in [1.54, 1.807) is 0 Å². The number of likely N-dealkylation sites (tertiary alicyclic amines) is 1. The highest BCUT2D eigenvalue weighted by Crippen LogP contribution is 2.25. The molecule has 1 aromatic heterocycles. The number of rotatable bonds is 5. The smallest absolute Gasteiger partial charge is 0.317 e. The molecule has 2 aromatic rings. The van der Waals surface area contributed by atoms with E-state index in [1.807, 2.05) is 17.9 Å². The van der Waals surface area contributed by atoms with Crippen molar-refractivity contribution in [3.8, 4) is 0 Å². The van der Waals surface area contributed by atoms with E-state index in [2.05, 4.69) is 38.6 Å². The van der Waals surface area contributed by atoms with Gasteiger partial charge in [0.05, 0.1) is 19.1 Å². The number of carbonyl (C=O) groups excluding carboxylic acids is 1. The SMILES string of the molecule is Cc1noc(C2CCCN(C(=O)NCc3ccccc3CN3CCOCC3)C2)n1. The number of urea groups is 1. The van der Waals surface area contributed by atoms with E-state index < -0.39 is 0 Å². The monoisotopic (exact) mass is 399 g/mol. The molecule has 156 valence electrons. The van der Waals surface area contributed by atoms with Crippen LogP contribution in [0.4, 0.5) is 4.79 Å². The molecule has 2 saturated heterocycles. The number of aryl methyl sites for hydroxylation is 1. The first kappa shape index (κ1) is 19.8. The molecule has 4 rings (SSSR count). The average molecular weight is 399 g/mol. The maximum atomic E-state index is 12.8. The second kappa shape index (κ2) is 9.37. The topological polar surface area (TPSA) is 83.7 Å². The molecule has 0 radical (unpaired) electrons. The van der Waals surface area contributed by atoms with Crippen LogP contribution in [0.5, 0.6) is 0 Å². The Morgan fingerprint density at radius 2 is 2.00 bits per heavy atom. The van der Waals surface area contributed by atoms with Crippen LogP contribution in [0.3, 0.4) is 0 Å². The van der Waals surface area contributed by atoms with Crippen LogP contribution in [-0.4, -0.2) is 65.4 Å². The first-order valence-corrected chi connectivity index (χ1v) is 10.4. The van der Waals surface area contributed by atoms with Crippen molar-refractivity contribution in [1.82, 2.24) is 25.3 Å². The zero-order chi connectivity index (χ0) is 20.1. The van der Waals surface area contributed by atoms with E-state index in [-0.39, 0.29) is 11.9 Å². The van der Waals surface area contributed by atoms with Gasteiger partial charge >= 0.3 is 6.03 Å². The summed E-state index contributed by atoms with van der Waals surface area (Å²) in [6, 6.07) is 8.29. The fourth-order valence-electron chi connectivity index (χ4n) is 4.01. The van der Waals surface area contributed by atoms with Crippen molar-refractivity contribution >= 4 is 6.03 Å². The number of benzene rings is 1. The van der Waals surface area contributed by atoms with E-state index in [9.17, 15) is 4.79 Å². The van der Waals surface area contributed by atoms with E-state index in [0.717, 1.165) is 57.8 Å².